The van der Waals surface area contributed by atoms with Gasteiger partial charge >= 0.3 is 0 Å². The predicted molar refractivity (Wildman–Crippen MR) is 89.6 cm³/mol. The summed E-state index contributed by atoms with van der Waals surface area (Å²) < 4.78 is 10.5. The first-order valence-corrected chi connectivity index (χ1v) is 8.32. The maximum atomic E-state index is 9.10. The van der Waals surface area contributed by atoms with Crippen LogP contribution in [0.1, 0.15) is 40.5 Å². The molecule has 0 aromatic carbocycles. The molecule has 6 unspecified atom stereocenters. The molecule has 0 aliphatic rings. The van der Waals surface area contributed by atoms with Gasteiger partial charge in [0.1, 0.15) is 6.10 Å². The Hall–Kier alpha value is -0.320. The molecule has 0 saturated carbocycles. The van der Waals surface area contributed by atoms with Crippen molar-refractivity contribution in [1.82, 2.24) is 0 Å². The summed E-state index contributed by atoms with van der Waals surface area (Å²) in [4.78, 5) is 0. The molecule has 0 bridgehead atoms. The molecule has 0 fully saturated rings. The molecular formula is C16H36O8. The normalized spacial score (nSPS) is 18.8. The smallest absolute Gasteiger partial charge is 0.105 e. The summed E-state index contributed by atoms with van der Waals surface area (Å²) in [5.74, 6) is 0. The third kappa shape index (κ3) is 16.5. The lowest BCUT2D eigenvalue weighted by molar-refractivity contribution is -0.0620. The molecule has 0 heterocycles. The van der Waals surface area contributed by atoms with Gasteiger partial charge in [-0.25, -0.2) is 0 Å². The van der Waals surface area contributed by atoms with Crippen LogP contribution in [0.3, 0.4) is 0 Å². The first-order valence-electron chi connectivity index (χ1n) is 8.32. The van der Waals surface area contributed by atoms with E-state index in [-0.39, 0.29) is 25.4 Å². The largest absolute Gasteiger partial charge is 0.396 e. The van der Waals surface area contributed by atoms with E-state index >= 15 is 0 Å². The number of hydrogen-bond donors (Lipinski definition) is 6. The number of aliphatic hydroxyl groups excluding tert-OH is 6. The van der Waals surface area contributed by atoms with E-state index in [2.05, 4.69) is 0 Å². The molecule has 0 rings (SSSR count). The summed E-state index contributed by atoms with van der Waals surface area (Å²) >= 11 is 0. The zero-order valence-corrected chi connectivity index (χ0v) is 15.2. The van der Waals surface area contributed by atoms with E-state index < -0.39 is 24.4 Å². The lowest BCUT2D eigenvalue weighted by atomic mass is 10.1. The van der Waals surface area contributed by atoms with Gasteiger partial charge in [-0.2, -0.15) is 0 Å². The highest BCUT2D eigenvalue weighted by Crippen LogP contribution is 2.05. The van der Waals surface area contributed by atoms with Crippen LogP contribution in [0.5, 0.6) is 0 Å². The highest BCUT2D eigenvalue weighted by atomic mass is 16.5. The summed E-state index contributed by atoms with van der Waals surface area (Å²) in [6.07, 6.45) is -2.89. The van der Waals surface area contributed by atoms with E-state index in [0.717, 1.165) is 0 Å². The van der Waals surface area contributed by atoms with Crippen LogP contribution in [-0.2, 0) is 9.47 Å². The number of aliphatic hydroxyl groups is 6. The molecule has 24 heavy (non-hydrogen) atoms. The minimum Gasteiger partial charge on any atom is -0.396 e. The lowest BCUT2D eigenvalue weighted by Gasteiger charge is -2.19. The molecule has 0 aromatic rings. The van der Waals surface area contributed by atoms with Crippen molar-refractivity contribution < 1.29 is 40.1 Å². The van der Waals surface area contributed by atoms with Crippen molar-refractivity contribution in [3.63, 3.8) is 0 Å². The second-order valence-electron chi connectivity index (χ2n) is 5.98. The maximum Gasteiger partial charge on any atom is 0.105 e. The van der Waals surface area contributed by atoms with Crippen LogP contribution in [0.4, 0.5) is 0 Å². The molecule has 0 aliphatic carbocycles. The molecule has 8 heteroatoms. The van der Waals surface area contributed by atoms with E-state index in [1.807, 2.05) is 6.92 Å². The van der Waals surface area contributed by atoms with E-state index in [4.69, 9.17) is 40.1 Å². The second kappa shape index (κ2) is 16.2. The van der Waals surface area contributed by atoms with E-state index in [1.54, 1.807) is 13.8 Å². The van der Waals surface area contributed by atoms with Crippen molar-refractivity contribution >= 4 is 0 Å². The molecule has 0 aliphatic heterocycles. The monoisotopic (exact) mass is 356 g/mol. The Bertz CT molecular complexity index is 262. The van der Waals surface area contributed by atoms with E-state index in [1.165, 1.54) is 6.92 Å². The highest BCUT2D eigenvalue weighted by molar-refractivity contribution is 4.71. The SMILES string of the molecule is CC(O)C(O)C(O)CCCO.CC(O)COC(C)COC(C)CO. The van der Waals surface area contributed by atoms with Crippen molar-refractivity contribution in [2.24, 2.45) is 0 Å². The van der Waals surface area contributed by atoms with Gasteiger partial charge in [-0.05, 0) is 40.5 Å². The zero-order valence-electron chi connectivity index (χ0n) is 15.2. The second-order valence-corrected chi connectivity index (χ2v) is 5.98. The minimum atomic E-state index is -1.11. The fourth-order valence-electron chi connectivity index (χ4n) is 1.50. The molecular weight excluding hydrogens is 320 g/mol. The molecule has 0 amide bonds. The minimum absolute atomic E-state index is 0.0103. The van der Waals surface area contributed by atoms with Crippen LogP contribution in [0.25, 0.3) is 0 Å². The molecule has 0 aromatic heterocycles. The van der Waals surface area contributed by atoms with Gasteiger partial charge in [-0.3, -0.25) is 0 Å². The number of hydrogen-bond acceptors (Lipinski definition) is 8. The number of ether oxygens (including phenoxy) is 2. The van der Waals surface area contributed by atoms with Gasteiger partial charge in [-0.1, -0.05) is 0 Å². The van der Waals surface area contributed by atoms with Crippen molar-refractivity contribution in [3.05, 3.63) is 0 Å². The summed E-state index contributed by atoms with van der Waals surface area (Å²) in [6.45, 7) is 7.50. The maximum absolute atomic E-state index is 9.10. The van der Waals surface area contributed by atoms with Gasteiger partial charge in [0.15, 0.2) is 0 Å². The topological polar surface area (TPSA) is 140 Å². The highest BCUT2D eigenvalue weighted by Gasteiger charge is 2.20. The lowest BCUT2D eigenvalue weighted by Crippen LogP contribution is -2.35. The van der Waals surface area contributed by atoms with Gasteiger partial charge in [0.25, 0.3) is 0 Å². The Morgan fingerprint density at radius 3 is 1.75 bits per heavy atom. The van der Waals surface area contributed by atoms with Gasteiger partial charge in [0.2, 0.25) is 0 Å². The average Bonchev–Trinajstić information content (AvgIpc) is 2.55. The van der Waals surface area contributed by atoms with Crippen LogP contribution in [0.2, 0.25) is 0 Å². The van der Waals surface area contributed by atoms with Crippen LogP contribution in [0.15, 0.2) is 0 Å². The summed E-state index contributed by atoms with van der Waals surface area (Å²) in [5, 5.41) is 52.9. The third-order valence-corrected chi connectivity index (χ3v) is 3.04. The van der Waals surface area contributed by atoms with Crippen LogP contribution >= 0.6 is 0 Å². The third-order valence-electron chi connectivity index (χ3n) is 3.04. The van der Waals surface area contributed by atoms with Crippen molar-refractivity contribution in [2.75, 3.05) is 26.4 Å². The van der Waals surface area contributed by atoms with Crippen molar-refractivity contribution in [1.29, 1.82) is 0 Å². The van der Waals surface area contributed by atoms with Gasteiger partial charge in [0.05, 0.1) is 50.3 Å². The van der Waals surface area contributed by atoms with E-state index in [9.17, 15) is 0 Å². The standard InChI is InChI=1S/C9H20O4.C7H16O4/c1-7(11)5-12-9(3)6-13-8(2)4-10;1-5(9)7(11)6(10)3-2-4-8/h7-11H,4-6H2,1-3H3;5-11H,2-4H2,1H3. The molecule has 148 valence electrons. The summed E-state index contributed by atoms with van der Waals surface area (Å²) in [6, 6.07) is 0. The Labute approximate surface area is 144 Å². The van der Waals surface area contributed by atoms with Gasteiger partial charge in [-0.15, -0.1) is 0 Å². The first-order chi connectivity index (χ1) is 11.1. The van der Waals surface area contributed by atoms with Crippen LogP contribution in [0, 0.1) is 0 Å². The predicted octanol–water partition coefficient (Wildman–Crippen LogP) is -0.969. The van der Waals surface area contributed by atoms with Crippen molar-refractivity contribution in [3.8, 4) is 0 Å². The zero-order chi connectivity index (χ0) is 19.1. The van der Waals surface area contributed by atoms with Crippen LogP contribution in [-0.4, -0.2) is 93.7 Å². The van der Waals surface area contributed by atoms with Crippen LogP contribution < -0.4 is 0 Å². The first kappa shape index (κ1) is 25.9. The fraction of sp³-hybridized carbons (Fsp3) is 1.00. The number of rotatable bonds is 12. The molecule has 0 spiro atoms. The molecule has 0 radical (unpaired) electrons. The van der Waals surface area contributed by atoms with Crippen molar-refractivity contribution in [2.45, 2.75) is 77.2 Å². The molecule has 6 N–H and O–H groups in total. The molecule has 6 atom stereocenters. The Morgan fingerprint density at radius 1 is 0.792 bits per heavy atom. The van der Waals surface area contributed by atoms with Gasteiger partial charge in [0, 0.05) is 6.61 Å². The quantitative estimate of drug-likeness (QED) is 0.262. The Morgan fingerprint density at radius 2 is 1.33 bits per heavy atom. The summed E-state index contributed by atoms with van der Waals surface area (Å²) in [5.41, 5.74) is 0. The fourth-order valence-corrected chi connectivity index (χ4v) is 1.50. The molecule has 0 saturated heterocycles. The average molecular weight is 356 g/mol. The molecule has 8 nitrogen and oxygen atoms in total. The Kier molecular flexibility index (Phi) is 17.5. The van der Waals surface area contributed by atoms with Gasteiger partial charge < -0.3 is 40.1 Å². The van der Waals surface area contributed by atoms with E-state index in [0.29, 0.717) is 26.1 Å². The summed E-state index contributed by atoms with van der Waals surface area (Å²) in [7, 11) is 0. The Balaban J connectivity index is 0.